The van der Waals surface area contributed by atoms with Crippen molar-refractivity contribution in [3.63, 3.8) is 0 Å². The predicted octanol–water partition coefficient (Wildman–Crippen LogP) is 3.51. The third-order valence-electron chi connectivity index (χ3n) is 5.68. The zero-order valence-corrected chi connectivity index (χ0v) is 18.7. The van der Waals surface area contributed by atoms with Crippen LogP contribution in [0.25, 0.3) is 9.88 Å². The van der Waals surface area contributed by atoms with Crippen LogP contribution >= 0.6 is 22.7 Å². The van der Waals surface area contributed by atoms with E-state index in [0.717, 1.165) is 34.7 Å². The Kier molecular flexibility index (Phi) is 5.22. The number of hydrogen-bond donors (Lipinski definition) is 0. The van der Waals surface area contributed by atoms with Crippen LogP contribution in [-0.4, -0.2) is 54.7 Å². The highest BCUT2D eigenvalue weighted by molar-refractivity contribution is 7.89. The largest absolute Gasteiger partial charge is 0.335 e. The summed E-state index contributed by atoms with van der Waals surface area (Å²) in [4.78, 5) is 21.0. The van der Waals surface area contributed by atoms with Gasteiger partial charge < -0.3 is 4.90 Å². The van der Waals surface area contributed by atoms with Gasteiger partial charge in [0.1, 0.15) is 9.88 Å². The van der Waals surface area contributed by atoms with E-state index >= 15 is 0 Å². The Hall–Kier alpha value is -2.07. The molecule has 9 heteroatoms. The number of thiophene rings is 1. The first-order valence-corrected chi connectivity index (χ1v) is 13.1. The van der Waals surface area contributed by atoms with Crippen LogP contribution in [0.3, 0.4) is 0 Å². The molecule has 30 heavy (non-hydrogen) atoms. The predicted molar refractivity (Wildman–Crippen MR) is 119 cm³/mol. The van der Waals surface area contributed by atoms with Crippen molar-refractivity contribution >= 4 is 38.6 Å². The molecule has 156 valence electrons. The second-order valence-corrected chi connectivity index (χ2v) is 11.4. The van der Waals surface area contributed by atoms with Gasteiger partial charge in [0.25, 0.3) is 5.91 Å². The van der Waals surface area contributed by atoms with Crippen molar-refractivity contribution in [2.45, 2.75) is 24.2 Å². The van der Waals surface area contributed by atoms with Crippen LogP contribution in [0, 0.1) is 0 Å². The van der Waals surface area contributed by atoms with Crippen molar-refractivity contribution in [2.24, 2.45) is 0 Å². The van der Waals surface area contributed by atoms with E-state index in [1.54, 1.807) is 28.5 Å². The van der Waals surface area contributed by atoms with Gasteiger partial charge in [-0.1, -0.05) is 12.1 Å². The van der Waals surface area contributed by atoms with Crippen LogP contribution in [0.15, 0.2) is 46.8 Å². The van der Waals surface area contributed by atoms with Crippen molar-refractivity contribution < 1.29 is 13.2 Å². The van der Waals surface area contributed by atoms with E-state index in [9.17, 15) is 13.2 Å². The number of carbonyl (C=O) groups excluding carboxylic acids is 1. The molecular formula is C21H21N3O3S3. The Morgan fingerprint density at radius 2 is 1.83 bits per heavy atom. The number of nitrogens with zero attached hydrogens (tertiary/aromatic N) is 3. The van der Waals surface area contributed by atoms with E-state index in [1.807, 2.05) is 29.6 Å². The number of benzene rings is 1. The highest BCUT2D eigenvalue weighted by Crippen LogP contribution is 2.30. The van der Waals surface area contributed by atoms with E-state index in [2.05, 4.69) is 4.98 Å². The maximum Gasteiger partial charge on any atom is 0.265 e. The number of thiazole rings is 1. The number of hydrogen-bond acceptors (Lipinski definition) is 6. The number of fused-ring (bicyclic) bond motifs is 1. The minimum atomic E-state index is -3.54. The number of sulfonamides is 1. The molecule has 1 saturated heterocycles. The van der Waals surface area contributed by atoms with Gasteiger partial charge in [-0.2, -0.15) is 4.31 Å². The SMILES string of the molecule is O=C(c1cnc(-c2cccs2)s1)N1CCN(S(=O)(=O)c2ccc3c(c2)CCC3)CC1. The molecule has 2 aromatic heterocycles. The molecule has 5 rings (SSSR count). The van der Waals surface area contributed by atoms with E-state index in [0.29, 0.717) is 36.0 Å². The molecule has 0 bridgehead atoms. The lowest BCUT2D eigenvalue weighted by Gasteiger charge is -2.33. The van der Waals surface area contributed by atoms with Gasteiger partial charge in [-0.05, 0) is 54.0 Å². The van der Waals surface area contributed by atoms with Gasteiger partial charge in [-0.3, -0.25) is 4.79 Å². The quantitative estimate of drug-likeness (QED) is 0.599. The van der Waals surface area contributed by atoms with Crippen LogP contribution in [0.1, 0.15) is 27.2 Å². The van der Waals surface area contributed by atoms with Crippen molar-refractivity contribution in [3.05, 3.63) is 57.9 Å². The molecule has 6 nitrogen and oxygen atoms in total. The Balaban J connectivity index is 1.26. The van der Waals surface area contributed by atoms with Crippen LogP contribution in [0.5, 0.6) is 0 Å². The fourth-order valence-electron chi connectivity index (χ4n) is 4.03. The lowest BCUT2D eigenvalue weighted by Crippen LogP contribution is -2.50. The van der Waals surface area contributed by atoms with Gasteiger partial charge in [0.05, 0.1) is 16.0 Å². The van der Waals surface area contributed by atoms with Gasteiger partial charge >= 0.3 is 0 Å². The normalized spacial score (nSPS) is 17.3. The van der Waals surface area contributed by atoms with Gasteiger partial charge in [-0.15, -0.1) is 22.7 Å². The minimum Gasteiger partial charge on any atom is -0.335 e. The van der Waals surface area contributed by atoms with Crippen LogP contribution in [-0.2, 0) is 22.9 Å². The highest BCUT2D eigenvalue weighted by Gasteiger charge is 2.31. The number of aryl methyl sites for hydroxylation is 2. The molecule has 1 aromatic carbocycles. The summed E-state index contributed by atoms with van der Waals surface area (Å²) in [6, 6.07) is 9.45. The van der Waals surface area contributed by atoms with Crippen molar-refractivity contribution in [3.8, 4) is 9.88 Å². The maximum atomic E-state index is 13.1. The summed E-state index contributed by atoms with van der Waals surface area (Å²) in [5.74, 6) is -0.0788. The molecule has 1 aliphatic heterocycles. The lowest BCUT2D eigenvalue weighted by atomic mass is 10.1. The summed E-state index contributed by atoms with van der Waals surface area (Å²) in [6.45, 7) is 1.38. The summed E-state index contributed by atoms with van der Waals surface area (Å²) in [6.07, 6.45) is 4.69. The van der Waals surface area contributed by atoms with Crippen LogP contribution < -0.4 is 0 Å². The first kappa shape index (κ1) is 19.9. The molecule has 0 radical (unpaired) electrons. The number of rotatable bonds is 4. The average Bonchev–Trinajstić information content (AvgIpc) is 3.53. The lowest BCUT2D eigenvalue weighted by molar-refractivity contribution is 0.0702. The number of carbonyl (C=O) groups is 1. The Morgan fingerprint density at radius 3 is 2.60 bits per heavy atom. The summed E-state index contributed by atoms with van der Waals surface area (Å²) in [5, 5.41) is 2.82. The molecule has 3 heterocycles. The zero-order chi connectivity index (χ0) is 20.7. The third-order valence-corrected chi connectivity index (χ3v) is 9.60. The number of piperazine rings is 1. The molecule has 1 amide bonds. The Labute approximate surface area is 183 Å². The van der Waals surface area contributed by atoms with Gasteiger partial charge in [-0.25, -0.2) is 13.4 Å². The Morgan fingerprint density at radius 1 is 1.03 bits per heavy atom. The molecule has 0 atom stereocenters. The fourth-order valence-corrected chi connectivity index (χ4v) is 7.19. The van der Waals surface area contributed by atoms with E-state index in [4.69, 9.17) is 0 Å². The average molecular weight is 460 g/mol. The molecule has 2 aliphatic rings. The standard InChI is InChI=1S/C21H21N3O3S3/c25-21(19-14-22-20(29-19)18-5-2-12-28-18)23-8-10-24(11-9-23)30(26,27)17-7-6-15-3-1-4-16(15)13-17/h2,5-7,12-14H,1,3-4,8-11H2. The van der Waals surface area contributed by atoms with E-state index < -0.39 is 10.0 Å². The summed E-state index contributed by atoms with van der Waals surface area (Å²) in [5.41, 5.74) is 2.41. The van der Waals surface area contributed by atoms with E-state index in [1.165, 1.54) is 21.2 Å². The fraction of sp³-hybridized carbons (Fsp3) is 0.333. The first-order valence-electron chi connectivity index (χ1n) is 9.93. The van der Waals surface area contributed by atoms with Crippen molar-refractivity contribution in [1.29, 1.82) is 0 Å². The van der Waals surface area contributed by atoms with Crippen LogP contribution in [0.4, 0.5) is 0 Å². The monoisotopic (exact) mass is 459 g/mol. The highest BCUT2D eigenvalue weighted by atomic mass is 32.2. The number of aromatic nitrogens is 1. The smallest absolute Gasteiger partial charge is 0.265 e. The topological polar surface area (TPSA) is 70.6 Å². The Bertz CT molecular complexity index is 1180. The molecule has 1 fully saturated rings. The van der Waals surface area contributed by atoms with Gasteiger partial charge in [0, 0.05) is 26.2 Å². The molecular weight excluding hydrogens is 438 g/mol. The van der Waals surface area contributed by atoms with Crippen LogP contribution in [0.2, 0.25) is 0 Å². The molecule has 0 saturated carbocycles. The van der Waals surface area contributed by atoms with Gasteiger partial charge in [0.15, 0.2) is 0 Å². The van der Waals surface area contributed by atoms with Crippen molar-refractivity contribution in [2.75, 3.05) is 26.2 Å². The number of amides is 1. The second kappa shape index (κ2) is 7.88. The summed E-state index contributed by atoms with van der Waals surface area (Å²) in [7, 11) is -3.54. The molecule has 0 N–H and O–H groups in total. The molecule has 3 aromatic rings. The molecule has 0 spiro atoms. The summed E-state index contributed by atoms with van der Waals surface area (Å²) >= 11 is 2.98. The zero-order valence-electron chi connectivity index (χ0n) is 16.3. The molecule has 1 aliphatic carbocycles. The third kappa shape index (κ3) is 3.60. The van der Waals surface area contributed by atoms with Gasteiger partial charge in [0.2, 0.25) is 10.0 Å². The molecule has 0 unspecified atom stereocenters. The minimum absolute atomic E-state index is 0.0788. The van der Waals surface area contributed by atoms with E-state index in [-0.39, 0.29) is 5.91 Å². The van der Waals surface area contributed by atoms with Crippen molar-refractivity contribution in [1.82, 2.24) is 14.2 Å². The first-order chi connectivity index (χ1) is 14.5. The summed E-state index contributed by atoms with van der Waals surface area (Å²) < 4.78 is 27.7. The second-order valence-electron chi connectivity index (χ2n) is 7.49. The maximum absolute atomic E-state index is 13.1.